The molecule has 0 bridgehead atoms. The van der Waals surface area contributed by atoms with Crippen molar-refractivity contribution >= 4 is 33.3 Å². The Hall–Kier alpha value is -5.42. The van der Waals surface area contributed by atoms with Crippen LogP contribution >= 0.6 is 0 Å². The number of nitrogens with zero attached hydrogens (tertiary/aromatic N) is 2. The third-order valence-electron chi connectivity index (χ3n) is 8.99. The Kier molecular flexibility index (Phi) is 11.2. The van der Waals surface area contributed by atoms with E-state index in [1.807, 2.05) is 67.6 Å². The van der Waals surface area contributed by atoms with Crippen molar-refractivity contribution in [3.8, 4) is 0 Å². The number of aliphatic imine (C=N–C) groups is 1. The molecule has 1 heterocycles. The highest BCUT2D eigenvalue weighted by atomic mass is 32.2. The van der Waals surface area contributed by atoms with E-state index in [2.05, 4.69) is 14.9 Å². The number of likely N-dealkylation sites (tertiary alicyclic amines) is 1. The van der Waals surface area contributed by atoms with E-state index in [1.54, 1.807) is 66.7 Å². The first-order valence-corrected chi connectivity index (χ1v) is 18.4. The number of benzene rings is 5. The van der Waals surface area contributed by atoms with Crippen molar-refractivity contribution in [1.82, 2.24) is 9.62 Å². The summed E-state index contributed by atoms with van der Waals surface area (Å²) in [7, 11) is -4.17. The topological polar surface area (TPSA) is 128 Å². The van der Waals surface area contributed by atoms with Crippen LogP contribution in [0.1, 0.15) is 46.7 Å². The number of carbonyl (C=O) groups excluding carboxylic acids is 1. The summed E-state index contributed by atoms with van der Waals surface area (Å²) in [5.74, 6) is -1.49. The Balaban J connectivity index is 1.39. The maximum Gasteiger partial charge on any atom is 0.330 e. The highest BCUT2D eigenvalue weighted by Gasteiger charge is 2.35. The smallest absolute Gasteiger partial charge is 0.330 e. The van der Waals surface area contributed by atoms with Crippen molar-refractivity contribution in [3.05, 3.63) is 167 Å². The number of hydrogen-bond donors (Lipinski definition) is 3. The van der Waals surface area contributed by atoms with Crippen molar-refractivity contribution < 1.29 is 23.1 Å². The van der Waals surface area contributed by atoms with Crippen molar-refractivity contribution in [2.75, 3.05) is 11.9 Å². The minimum Gasteiger partial charge on any atom is -0.480 e. The Morgan fingerprint density at radius 3 is 2.10 bits per heavy atom. The lowest BCUT2D eigenvalue weighted by Gasteiger charge is -2.26. The van der Waals surface area contributed by atoms with Crippen LogP contribution in [-0.4, -0.2) is 54.6 Å². The highest BCUT2D eigenvalue weighted by Crippen LogP contribution is 2.28. The van der Waals surface area contributed by atoms with E-state index in [9.17, 15) is 23.1 Å². The van der Waals surface area contributed by atoms with Gasteiger partial charge in [0.15, 0.2) is 6.04 Å². The zero-order chi connectivity index (χ0) is 35.8. The van der Waals surface area contributed by atoms with E-state index in [0.29, 0.717) is 41.1 Å². The number of amides is 1. The fourth-order valence-corrected chi connectivity index (χ4v) is 7.61. The summed E-state index contributed by atoms with van der Waals surface area (Å²) < 4.78 is 30.1. The Labute approximate surface area is 298 Å². The summed E-state index contributed by atoms with van der Waals surface area (Å²) >= 11 is 0. The summed E-state index contributed by atoms with van der Waals surface area (Å²) in [5.41, 5.74) is 4.31. The second kappa shape index (κ2) is 16.1. The normalized spacial score (nSPS) is 16.3. The maximum atomic E-state index is 13.9. The van der Waals surface area contributed by atoms with Gasteiger partial charge < -0.3 is 10.4 Å². The molecular weight excluding hydrogens is 661 g/mol. The number of rotatable bonds is 13. The fraction of sp³-hybridized carbons (Fsp3) is 0.195. The van der Waals surface area contributed by atoms with Crippen LogP contribution in [0.15, 0.2) is 149 Å². The van der Waals surface area contributed by atoms with Gasteiger partial charge in [-0.3, -0.25) is 14.7 Å². The minimum absolute atomic E-state index is 0.00621. The van der Waals surface area contributed by atoms with Crippen molar-refractivity contribution in [2.24, 2.45) is 4.99 Å². The molecule has 0 aliphatic carbocycles. The molecule has 10 heteroatoms. The molecule has 5 aromatic carbocycles. The third kappa shape index (κ3) is 8.67. The van der Waals surface area contributed by atoms with Crippen LogP contribution in [0.3, 0.4) is 0 Å². The van der Waals surface area contributed by atoms with Gasteiger partial charge in [0.05, 0.1) is 28.4 Å². The standard InChI is InChI=1S/C41H40N4O5S/c1-29-23-25-33(26-24-29)51(49,50)44-38(32-18-9-4-10-19-32)39(41(47)48)43-37(31-16-7-3-8-17-31)34-20-11-12-21-35(34)42-40(46)36-22-13-27-45(36)28-30-14-5-2-6-15-30/h2-12,14-21,23-26,36,38-39,44H,13,22,27-28H2,1H3,(H,42,46)(H,47,48)/t36-,38+,39-/m1/s1. The molecule has 1 aliphatic heterocycles. The predicted octanol–water partition coefficient (Wildman–Crippen LogP) is 6.61. The molecule has 3 N–H and O–H groups in total. The van der Waals surface area contributed by atoms with Crippen molar-refractivity contribution in [3.63, 3.8) is 0 Å². The van der Waals surface area contributed by atoms with E-state index in [1.165, 1.54) is 12.1 Å². The van der Waals surface area contributed by atoms with Crippen molar-refractivity contribution in [1.29, 1.82) is 0 Å². The quantitative estimate of drug-likeness (QED) is 0.119. The predicted molar refractivity (Wildman–Crippen MR) is 199 cm³/mol. The number of hydrogen-bond acceptors (Lipinski definition) is 6. The van der Waals surface area contributed by atoms with Crippen LogP contribution in [0.25, 0.3) is 0 Å². The molecule has 1 fully saturated rings. The van der Waals surface area contributed by atoms with E-state index < -0.39 is 28.1 Å². The zero-order valence-corrected chi connectivity index (χ0v) is 29.0. The Morgan fingerprint density at radius 2 is 1.43 bits per heavy atom. The monoisotopic (exact) mass is 700 g/mol. The SMILES string of the molecule is Cc1ccc(S(=O)(=O)N[C@@H](c2ccccc2)[C@@H](N=C(c2ccccc2)c2ccccc2NC(=O)[C@H]2CCCN2Cc2ccccc2)C(=O)O)cc1. The van der Waals surface area contributed by atoms with Crippen molar-refractivity contribution in [2.45, 2.75) is 49.3 Å². The third-order valence-corrected chi connectivity index (χ3v) is 10.4. The van der Waals surface area contributed by atoms with Crippen LogP contribution in [0.5, 0.6) is 0 Å². The van der Waals surface area contributed by atoms with Gasteiger partial charge in [-0.2, -0.15) is 0 Å². The molecule has 260 valence electrons. The fourth-order valence-electron chi connectivity index (χ4n) is 6.38. The molecular formula is C41H40N4O5S. The number of carboxylic acids is 1. The number of aliphatic carboxylic acids is 1. The summed E-state index contributed by atoms with van der Waals surface area (Å²) in [6, 6.07) is 38.0. The maximum absolute atomic E-state index is 13.9. The van der Waals surface area contributed by atoms with Gasteiger partial charge >= 0.3 is 5.97 Å². The molecule has 6 rings (SSSR count). The van der Waals surface area contributed by atoms with Gasteiger partial charge in [-0.25, -0.2) is 17.9 Å². The Morgan fingerprint density at radius 1 is 0.824 bits per heavy atom. The average Bonchev–Trinajstić information content (AvgIpc) is 3.61. The first-order valence-electron chi connectivity index (χ1n) is 16.9. The lowest BCUT2D eigenvalue weighted by atomic mass is 9.97. The number of carboxylic acid groups (broad SMARTS) is 1. The molecule has 0 spiro atoms. The Bertz CT molecular complexity index is 2090. The number of carbonyl (C=O) groups is 2. The second-order valence-corrected chi connectivity index (χ2v) is 14.3. The molecule has 9 nitrogen and oxygen atoms in total. The molecule has 0 aromatic heterocycles. The molecule has 0 saturated carbocycles. The lowest BCUT2D eigenvalue weighted by molar-refractivity contribution is -0.139. The number of aryl methyl sites for hydroxylation is 1. The van der Waals surface area contributed by atoms with Crippen LogP contribution in [0.4, 0.5) is 5.69 Å². The first-order chi connectivity index (χ1) is 24.7. The van der Waals surface area contributed by atoms with Gasteiger partial charge in [-0.05, 0) is 55.6 Å². The molecule has 1 aliphatic rings. The van der Waals surface area contributed by atoms with Gasteiger partial charge in [0.1, 0.15) is 0 Å². The molecule has 51 heavy (non-hydrogen) atoms. The first kappa shape index (κ1) is 35.4. The second-order valence-electron chi connectivity index (χ2n) is 12.6. The lowest BCUT2D eigenvalue weighted by Crippen LogP contribution is -2.40. The number of nitrogens with one attached hydrogen (secondary N) is 2. The minimum atomic E-state index is -4.17. The number of anilines is 1. The summed E-state index contributed by atoms with van der Waals surface area (Å²) in [6.45, 7) is 3.30. The van der Waals surface area contributed by atoms with Gasteiger partial charge in [-0.15, -0.1) is 0 Å². The zero-order valence-electron chi connectivity index (χ0n) is 28.2. The summed E-state index contributed by atoms with van der Waals surface area (Å²) in [6.07, 6.45) is 1.60. The molecule has 0 unspecified atom stereocenters. The van der Waals surface area contributed by atoms with Crippen LogP contribution in [-0.2, 0) is 26.2 Å². The number of para-hydroxylation sites is 1. The molecule has 5 aromatic rings. The van der Waals surface area contributed by atoms with Gasteiger partial charge in [0.25, 0.3) is 0 Å². The van der Waals surface area contributed by atoms with E-state index in [-0.39, 0.29) is 16.8 Å². The van der Waals surface area contributed by atoms with Gasteiger partial charge in [-0.1, -0.05) is 127 Å². The summed E-state index contributed by atoms with van der Waals surface area (Å²) in [5, 5.41) is 13.9. The molecule has 0 radical (unpaired) electrons. The average molecular weight is 701 g/mol. The van der Waals surface area contributed by atoms with Gasteiger partial charge in [0.2, 0.25) is 15.9 Å². The number of sulfonamides is 1. The van der Waals surface area contributed by atoms with E-state index in [4.69, 9.17) is 4.99 Å². The van der Waals surface area contributed by atoms with Crippen LogP contribution in [0.2, 0.25) is 0 Å². The largest absolute Gasteiger partial charge is 0.480 e. The van der Waals surface area contributed by atoms with Crippen LogP contribution < -0.4 is 10.0 Å². The van der Waals surface area contributed by atoms with E-state index >= 15 is 0 Å². The summed E-state index contributed by atoms with van der Waals surface area (Å²) in [4.78, 5) is 34.1. The molecule has 3 atom stereocenters. The van der Waals surface area contributed by atoms with E-state index in [0.717, 1.165) is 24.1 Å². The highest BCUT2D eigenvalue weighted by molar-refractivity contribution is 7.89. The van der Waals surface area contributed by atoms with Crippen LogP contribution in [0, 0.1) is 6.92 Å². The molecule has 1 saturated heterocycles. The van der Waals surface area contributed by atoms with Gasteiger partial charge in [0, 0.05) is 17.7 Å². The molecule has 1 amide bonds.